The fourth-order valence-corrected chi connectivity index (χ4v) is 2.39. The predicted octanol–water partition coefficient (Wildman–Crippen LogP) is 0.986. The molecule has 106 valence electrons. The van der Waals surface area contributed by atoms with Crippen LogP contribution in [0.5, 0.6) is 0 Å². The van der Waals surface area contributed by atoms with E-state index in [1.165, 1.54) is 0 Å². The van der Waals surface area contributed by atoms with Gasteiger partial charge >= 0.3 is 0 Å². The minimum absolute atomic E-state index is 0.0350. The van der Waals surface area contributed by atoms with Crippen molar-refractivity contribution in [2.75, 3.05) is 33.4 Å². The summed E-state index contributed by atoms with van der Waals surface area (Å²) in [5, 5.41) is 2.74. The van der Waals surface area contributed by atoms with E-state index in [1.807, 2.05) is 13.8 Å². The highest BCUT2D eigenvalue weighted by molar-refractivity contribution is 5.81. The number of hydrogen-bond acceptors (Lipinski definition) is 4. The van der Waals surface area contributed by atoms with E-state index >= 15 is 0 Å². The Kier molecular flexibility index (Phi) is 7.23. The standard InChI is InChI=1S/C13H26N2O3/c1-4-17-12(18-5-2)10-15-9-7-6-8-11(15)13(16)14-3/h11-12H,4-10H2,1-3H3,(H,14,16). The lowest BCUT2D eigenvalue weighted by molar-refractivity contribution is -0.156. The van der Waals surface area contributed by atoms with E-state index in [0.717, 1.165) is 25.8 Å². The van der Waals surface area contributed by atoms with E-state index in [0.29, 0.717) is 19.8 Å². The number of nitrogens with zero attached hydrogens (tertiary/aromatic N) is 1. The van der Waals surface area contributed by atoms with E-state index in [-0.39, 0.29) is 18.2 Å². The largest absolute Gasteiger partial charge is 0.358 e. The number of rotatable bonds is 7. The van der Waals surface area contributed by atoms with Gasteiger partial charge in [0, 0.05) is 20.3 Å². The van der Waals surface area contributed by atoms with Crippen LogP contribution in [0.4, 0.5) is 0 Å². The molecule has 0 saturated carbocycles. The smallest absolute Gasteiger partial charge is 0.237 e. The SMILES string of the molecule is CCOC(CN1CCCCC1C(=O)NC)OCC. The maximum Gasteiger partial charge on any atom is 0.237 e. The molecule has 0 aromatic heterocycles. The fourth-order valence-electron chi connectivity index (χ4n) is 2.39. The second kappa shape index (κ2) is 8.45. The fraction of sp³-hybridized carbons (Fsp3) is 0.923. The number of carbonyl (C=O) groups is 1. The summed E-state index contributed by atoms with van der Waals surface area (Å²) in [6.45, 7) is 6.78. The van der Waals surface area contributed by atoms with Gasteiger partial charge in [0.2, 0.25) is 5.91 Å². The van der Waals surface area contributed by atoms with Crippen molar-refractivity contribution in [2.24, 2.45) is 0 Å². The van der Waals surface area contributed by atoms with Crippen LogP contribution < -0.4 is 5.32 Å². The molecule has 0 radical (unpaired) electrons. The Hall–Kier alpha value is -0.650. The summed E-state index contributed by atoms with van der Waals surface area (Å²) in [5.41, 5.74) is 0. The van der Waals surface area contributed by atoms with Crippen LogP contribution in [0.25, 0.3) is 0 Å². The molecule has 0 bridgehead atoms. The van der Waals surface area contributed by atoms with Crippen molar-refractivity contribution in [2.45, 2.75) is 45.4 Å². The quantitative estimate of drug-likeness (QED) is 0.692. The summed E-state index contributed by atoms with van der Waals surface area (Å²) in [6, 6.07) is -0.0350. The molecule has 5 nitrogen and oxygen atoms in total. The normalized spacial score (nSPS) is 21.2. The van der Waals surface area contributed by atoms with Gasteiger partial charge in [0.1, 0.15) is 0 Å². The van der Waals surface area contributed by atoms with Gasteiger partial charge in [-0.1, -0.05) is 6.42 Å². The first-order valence-corrected chi connectivity index (χ1v) is 6.91. The van der Waals surface area contributed by atoms with Crippen LogP contribution in [0.3, 0.4) is 0 Å². The number of likely N-dealkylation sites (N-methyl/N-ethyl adjacent to an activating group) is 1. The predicted molar refractivity (Wildman–Crippen MR) is 70.3 cm³/mol. The Morgan fingerprint density at radius 3 is 2.56 bits per heavy atom. The Bertz CT molecular complexity index is 242. The lowest BCUT2D eigenvalue weighted by Crippen LogP contribution is -2.51. The summed E-state index contributed by atoms with van der Waals surface area (Å²) in [6.07, 6.45) is 2.94. The van der Waals surface area contributed by atoms with E-state index in [9.17, 15) is 4.79 Å². The number of likely N-dealkylation sites (tertiary alicyclic amines) is 1. The molecular formula is C13H26N2O3. The molecule has 5 heteroatoms. The van der Waals surface area contributed by atoms with Crippen LogP contribution in [0.2, 0.25) is 0 Å². The van der Waals surface area contributed by atoms with Crippen LogP contribution in [-0.2, 0) is 14.3 Å². The highest BCUT2D eigenvalue weighted by atomic mass is 16.7. The number of ether oxygens (including phenoxy) is 2. The second-order valence-corrected chi connectivity index (χ2v) is 4.46. The molecule has 1 atom stereocenters. The molecule has 1 saturated heterocycles. The van der Waals surface area contributed by atoms with E-state index in [4.69, 9.17) is 9.47 Å². The van der Waals surface area contributed by atoms with Gasteiger partial charge in [0.15, 0.2) is 6.29 Å². The molecule has 1 aliphatic rings. The second-order valence-electron chi connectivity index (χ2n) is 4.46. The summed E-state index contributed by atoms with van der Waals surface area (Å²) in [4.78, 5) is 14.0. The summed E-state index contributed by atoms with van der Waals surface area (Å²) in [5.74, 6) is 0.0986. The van der Waals surface area contributed by atoms with Crippen molar-refractivity contribution in [3.05, 3.63) is 0 Å². The highest BCUT2D eigenvalue weighted by Crippen LogP contribution is 2.18. The first kappa shape index (κ1) is 15.4. The minimum Gasteiger partial charge on any atom is -0.358 e. The maximum absolute atomic E-state index is 11.8. The first-order chi connectivity index (χ1) is 8.72. The Balaban J connectivity index is 2.56. The van der Waals surface area contributed by atoms with Crippen molar-refractivity contribution in [3.63, 3.8) is 0 Å². The molecule has 0 aromatic carbocycles. The van der Waals surface area contributed by atoms with Crippen molar-refractivity contribution < 1.29 is 14.3 Å². The average Bonchev–Trinajstić information content (AvgIpc) is 2.39. The zero-order valence-electron chi connectivity index (χ0n) is 11.8. The molecule has 0 aromatic rings. The topological polar surface area (TPSA) is 50.8 Å². The van der Waals surface area contributed by atoms with Gasteiger partial charge in [0.05, 0.1) is 12.6 Å². The zero-order chi connectivity index (χ0) is 13.4. The van der Waals surface area contributed by atoms with Gasteiger partial charge in [-0.2, -0.15) is 0 Å². The number of amides is 1. The number of carbonyl (C=O) groups excluding carboxylic acids is 1. The average molecular weight is 258 g/mol. The van der Waals surface area contributed by atoms with Gasteiger partial charge in [-0.15, -0.1) is 0 Å². The molecule has 1 unspecified atom stereocenters. The van der Waals surface area contributed by atoms with Gasteiger partial charge in [-0.05, 0) is 33.2 Å². The third-order valence-electron chi connectivity index (χ3n) is 3.25. The molecule has 1 fully saturated rings. The zero-order valence-corrected chi connectivity index (χ0v) is 11.8. The molecule has 1 rings (SSSR count). The summed E-state index contributed by atoms with van der Waals surface area (Å²) < 4.78 is 11.1. The Morgan fingerprint density at radius 2 is 2.00 bits per heavy atom. The lowest BCUT2D eigenvalue weighted by Gasteiger charge is -2.36. The van der Waals surface area contributed by atoms with Crippen LogP contribution >= 0.6 is 0 Å². The number of nitrogens with one attached hydrogen (secondary N) is 1. The van der Waals surface area contributed by atoms with Crippen molar-refractivity contribution in [1.82, 2.24) is 10.2 Å². The Morgan fingerprint density at radius 1 is 1.33 bits per heavy atom. The summed E-state index contributed by atoms with van der Waals surface area (Å²) >= 11 is 0. The van der Waals surface area contributed by atoms with Gasteiger partial charge in [0.25, 0.3) is 0 Å². The molecule has 1 amide bonds. The molecular weight excluding hydrogens is 232 g/mol. The highest BCUT2D eigenvalue weighted by Gasteiger charge is 2.29. The van der Waals surface area contributed by atoms with Crippen LogP contribution in [-0.4, -0.2) is 56.5 Å². The first-order valence-electron chi connectivity index (χ1n) is 6.91. The summed E-state index contributed by atoms with van der Waals surface area (Å²) in [7, 11) is 1.69. The van der Waals surface area contributed by atoms with Crippen molar-refractivity contribution >= 4 is 5.91 Å². The third-order valence-corrected chi connectivity index (χ3v) is 3.25. The molecule has 1 N–H and O–H groups in total. The number of hydrogen-bond donors (Lipinski definition) is 1. The van der Waals surface area contributed by atoms with E-state index < -0.39 is 0 Å². The lowest BCUT2D eigenvalue weighted by atomic mass is 10.0. The van der Waals surface area contributed by atoms with Crippen LogP contribution in [0.1, 0.15) is 33.1 Å². The van der Waals surface area contributed by atoms with Gasteiger partial charge in [-0.25, -0.2) is 0 Å². The van der Waals surface area contributed by atoms with Crippen LogP contribution in [0, 0.1) is 0 Å². The van der Waals surface area contributed by atoms with E-state index in [2.05, 4.69) is 10.2 Å². The third kappa shape index (κ3) is 4.55. The van der Waals surface area contributed by atoms with Crippen LogP contribution in [0.15, 0.2) is 0 Å². The van der Waals surface area contributed by atoms with Crippen molar-refractivity contribution in [3.8, 4) is 0 Å². The molecule has 1 heterocycles. The molecule has 18 heavy (non-hydrogen) atoms. The molecule has 0 spiro atoms. The van der Waals surface area contributed by atoms with Crippen molar-refractivity contribution in [1.29, 1.82) is 0 Å². The number of piperidine rings is 1. The molecule has 0 aliphatic carbocycles. The van der Waals surface area contributed by atoms with Gasteiger partial charge in [-0.3, -0.25) is 9.69 Å². The monoisotopic (exact) mass is 258 g/mol. The maximum atomic E-state index is 11.8. The molecule has 1 aliphatic heterocycles. The van der Waals surface area contributed by atoms with Gasteiger partial charge < -0.3 is 14.8 Å². The van der Waals surface area contributed by atoms with E-state index in [1.54, 1.807) is 7.05 Å². The minimum atomic E-state index is -0.231. The Labute approximate surface area is 110 Å².